The van der Waals surface area contributed by atoms with Crippen molar-refractivity contribution in [3.05, 3.63) is 30.2 Å². The van der Waals surface area contributed by atoms with Crippen LogP contribution in [-0.2, 0) is 0 Å². The molecule has 1 aromatic carbocycles. The number of hydrogen-bond acceptors (Lipinski definition) is 4. The molecule has 0 spiro atoms. The van der Waals surface area contributed by atoms with E-state index in [9.17, 15) is 0 Å². The molecule has 0 atom stereocenters. The summed E-state index contributed by atoms with van der Waals surface area (Å²) in [5.41, 5.74) is 2.82. The normalized spacial score (nSPS) is 11.4. The maximum Gasteiger partial charge on any atom is 0.179 e. The smallest absolute Gasteiger partial charge is 0.179 e. The summed E-state index contributed by atoms with van der Waals surface area (Å²) in [7, 11) is 0. The summed E-state index contributed by atoms with van der Waals surface area (Å²) >= 11 is 1.71. The van der Waals surface area contributed by atoms with E-state index < -0.39 is 0 Å². The first-order chi connectivity index (χ1) is 7.79. The van der Waals surface area contributed by atoms with Gasteiger partial charge >= 0.3 is 0 Å². The van der Waals surface area contributed by atoms with E-state index in [1.807, 2.05) is 11.3 Å². The molecule has 4 nitrogen and oxygen atoms in total. The van der Waals surface area contributed by atoms with Gasteiger partial charge in [-0.1, -0.05) is 0 Å². The Hall–Kier alpha value is -1.62. The summed E-state index contributed by atoms with van der Waals surface area (Å²) in [5.74, 6) is 0.888. The Morgan fingerprint density at radius 1 is 1.25 bits per heavy atom. The largest absolute Gasteiger partial charge is 0.276 e. The van der Waals surface area contributed by atoms with Crippen LogP contribution in [0.2, 0.25) is 0 Å². The van der Waals surface area contributed by atoms with Crippen LogP contribution >= 0.6 is 11.8 Å². The Bertz CT molecular complexity index is 674. The molecule has 0 amide bonds. The van der Waals surface area contributed by atoms with Crippen molar-refractivity contribution < 1.29 is 0 Å². The maximum absolute atomic E-state index is 4.39. The van der Waals surface area contributed by atoms with Crippen LogP contribution in [0.4, 0.5) is 0 Å². The molecule has 2 aromatic heterocycles. The van der Waals surface area contributed by atoms with Crippen molar-refractivity contribution in [2.45, 2.75) is 11.8 Å². The molecular formula is C11H10N4S. The van der Waals surface area contributed by atoms with E-state index in [-0.39, 0.29) is 0 Å². The second-order valence-corrected chi connectivity index (χ2v) is 4.43. The second-order valence-electron chi connectivity index (χ2n) is 3.55. The van der Waals surface area contributed by atoms with E-state index in [0.29, 0.717) is 0 Å². The molecule has 0 aliphatic rings. The predicted molar refractivity (Wildman–Crippen MR) is 64.8 cm³/mol. The molecule has 3 aromatic rings. The van der Waals surface area contributed by atoms with E-state index in [1.54, 1.807) is 18.0 Å². The fourth-order valence-electron chi connectivity index (χ4n) is 1.81. The summed E-state index contributed by atoms with van der Waals surface area (Å²) in [5, 5.41) is 8.11. The maximum atomic E-state index is 4.39. The summed E-state index contributed by atoms with van der Waals surface area (Å²) in [6.45, 7) is 1.95. The summed E-state index contributed by atoms with van der Waals surface area (Å²) in [6.07, 6.45) is 3.82. The van der Waals surface area contributed by atoms with Gasteiger partial charge in [-0.2, -0.15) is 0 Å². The van der Waals surface area contributed by atoms with Crippen molar-refractivity contribution in [2.24, 2.45) is 0 Å². The third-order valence-corrected chi connectivity index (χ3v) is 3.32. The number of rotatable bonds is 1. The average molecular weight is 230 g/mol. The Morgan fingerprint density at radius 3 is 2.94 bits per heavy atom. The molecule has 0 fully saturated rings. The van der Waals surface area contributed by atoms with Gasteiger partial charge in [-0.3, -0.25) is 9.38 Å². The van der Waals surface area contributed by atoms with Crippen molar-refractivity contribution in [1.29, 1.82) is 0 Å². The van der Waals surface area contributed by atoms with Gasteiger partial charge in [0.15, 0.2) is 5.65 Å². The van der Waals surface area contributed by atoms with Gasteiger partial charge in [0.25, 0.3) is 0 Å². The Morgan fingerprint density at radius 2 is 2.12 bits per heavy atom. The molecule has 5 heteroatoms. The van der Waals surface area contributed by atoms with Crippen LogP contribution in [0.1, 0.15) is 5.82 Å². The number of benzene rings is 1. The highest BCUT2D eigenvalue weighted by Crippen LogP contribution is 2.21. The monoisotopic (exact) mass is 230 g/mol. The summed E-state index contributed by atoms with van der Waals surface area (Å²) < 4.78 is 2.02. The van der Waals surface area contributed by atoms with Gasteiger partial charge in [0.2, 0.25) is 0 Å². The fourth-order valence-corrected chi connectivity index (χ4v) is 2.24. The zero-order chi connectivity index (χ0) is 11.1. The molecule has 0 radical (unpaired) electrons. The lowest BCUT2D eigenvalue weighted by molar-refractivity contribution is 1.02. The third kappa shape index (κ3) is 1.28. The third-order valence-electron chi connectivity index (χ3n) is 2.59. The van der Waals surface area contributed by atoms with Gasteiger partial charge < -0.3 is 0 Å². The molecule has 3 rings (SSSR count). The van der Waals surface area contributed by atoms with Crippen LogP contribution in [-0.4, -0.2) is 25.8 Å². The molecule has 0 aliphatic heterocycles. The van der Waals surface area contributed by atoms with Crippen LogP contribution in [0.25, 0.3) is 16.7 Å². The molecule has 0 saturated heterocycles. The highest BCUT2D eigenvalue weighted by atomic mass is 32.2. The number of aryl methyl sites for hydroxylation is 1. The van der Waals surface area contributed by atoms with Gasteiger partial charge in [0, 0.05) is 4.90 Å². The molecular weight excluding hydrogens is 220 g/mol. The lowest BCUT2D eigenvalue weighted by atomic mass is 10.3. The SMILES string of the molecule is CSc1ccc2c(c1)ncc1nnc(C)n12. The average Bonchev–Trinajstić information content (AvgIpc) is 2.70. The first-order valence-corrected chi connectivity index (χ1v) is 6.16. The van der Waals surface area contributed by atoms with Crippen molar-refractivity contribution >= 4 is 28.4 Å². The standard InChI is InChI=1S/C11H10N4S/c1-7-13-14-11-6-12-9-5-8(16-2)3-4-10(9)15(7)11/h3-6H,1-2H3. The Kier molecular flexibility index (Phi) is 2.07. The number of aromatic nitrogens is 4. The molecule has 0 aliphatic carbocycles. The number of hydrogen-bond donors (Lipinski definition) is 0. The zero-order valence-corrected chi connectivity index (χ0v) is 9.82. The minimum atomic E-state index is 0.793. The van der Waals surface area contributed by atoms with Crippen LogP contribution in [0.15, 0.2) is 29.3 Å². The summed E-state index contributed by atoms with van der Waals surface area (Å²) in [6, 6.07) is 6.24. The lowest BCUT2D eigenvalue weighted by Crippen LogP contribution is -1.93. The van der Waals surface area contributed by atoms with Crippen LogP contribution in [0.5, 0.6) is 0 Å². The topological polar surface area (TPSA) is 43.1 Å². The summed E-state index contributed by atoms with van der Waals surface area (Å²) in [4.78, 5) is 5.61. The Labute approximate surface area is 96.7 Å². The highest BCUT2D eigenvalue weighted by Gasteiger charge is 2.06. The first-order valence-electron chi connectivity index (χ1n) is 4.94. The first kappa shape index (κ1) is 9.59. The van der Waals surface area contributed by atoms with Crippen LogP contribution in [0, 0.1) is 6.92 Å². The van der Waals surface area contributed by atoms with E-state index in [4.69, 9.17) is 0 Å². The molecule has 80 valence electrons. The van der Waals surface area contributed by atoms with E-state index in [2.05, 4.69) is 39.6 Å². The predicted octanol–water partition coefficient (Wildman–Crippen LogP) is 2.31. The van der Waals surface area contributed by atoms with E-state index >= 15 is 0 Å². The van der Waals surface area contributed by atoms with Gasteiger partial charge in [-0.05, 0) is 31.4 Å². The molecule has 16 heavy (non-hydrogen) atoms. The van der Waals surface area contributed by atoms with Crippen molar-refractivity contribution in [3.63, 3.8) is 0 Å². The van der Waals surface area contributed by atoms with Crippen molar-refractivity contribution in [3.8, 4) is 0 Å². The fraction of sp³-hybridized carbons (Fsp3) is 0.182. The van der Waals surface area contributed by atoms with Gasteiger partial charge in [0.1, 0.15) is 5.82 Å². The molecule has 0 bridgehead atoms. The van der Waals surface area contributed by atoms with Crippen LogP contribution in [0.3, 0.4) is 0 Å². The van der Waals surface area contributed by atoms with Crippen LogP contribution < -0.4 is 0 Å². The van der Waals surface area contributed by atoms with E-state index in [0.717, 1.165) is 22.5 Å². The number of thioether (sulfide) groups is 1. The van der Waals surface area contributed by atoms with Gasteiger partial charge in [-0.15, -0.1) is 22.0 Å². The molecule has 2 heterocycles. The van der Waals surface area contributed by atoms with Gasteiger partial charge in [0.05, 0.1) is 17.2 Å². The van der Waals surface area contributed by atoms with E-state index in [1.165, 1.54) is 4.90 Å². The van der Waals surface area contributed by atoms with Crippen molar-refractivity contribution in [2.75, 3.05) is 6.26 Å². The minimum Gasteiger partial charge on any atom is -0.276 e. The Balaban J connectivity index is 2.46. The second kappa shape index (κ2) is 3.45. The van der Waals surface area contributed by atoms with Gasteiger partial charge in [-0.25, -0.2) is 0 Å². The quantitative estimate of drug-likeness (QED) is 0.602. The number of nitrogens with zero attached hydrogens (tertiary/aromatic N) is 4. The molecule has 0 unspecified atom stereocenters. The highest BCUT2D eigenvalue weighted by molar-refractivity contribution is 7.98. The zero-order valence-electron chi connectivity index (χ0n) is 9.01. The van der Waals surface area contributed by atoms with Crippen molar-refractivity contribution in [1.82, 2.24) is 19.6 Å². The molecule has 0 saturated carbocycles. The minimum absolute atomic E-state index is 0.793. The lowest BCUT2D eigenvalue weighted by Gasteiger charge is -2.03. The molecule has 0 N–H and O–H groups in total. The number of fused-ring (bicyclic) bond motifs is 3.